The number of nitrogens with one attached hydrogen (secondary N) is 1. The van der Waals surface area contributed by atoms with Crippen molar-refractivity contribution in [3.8, 4) is 0 Å². The van der Waals surface area contributed by atoms with Gasteiger partial charge in [-0.15, -0.1) is 10.2 Å². The normalized spacial score (nSPS) is 11.5. The number of rotatable bonds is 7. The van der Waals surface area contributed by atoms with Crippen molar-refractivity contribution in [3.05, 3.63) is 60.1 Å². The van der Waals surface area contributed by atoms with Crippen molar-refractivity contribution in [1.29, 1.82) is 0 Å². The highest BCUT2D eigenvalue weighted by Gasteiger charge is 2.15. The van der Waals surface area contributed by atoms with Crippen LogP contribution in [0.25, 0.3) is 11.6 Å². The Labute approximate surface area is 154 Å². The van der Waals surface area contributed by atoms with Gasteiger partial charge >= 0.3 is 0 Å². The molecule has 0 fully saturated rings. The van der Waals surface area contributed by atoms with Gasteiger partial charge in [-0.1, -0.05) is 60.4 Å². The SMILES string of the molecule is CCCSc1nnc(NC(=O)/C(=C/c2ccco2)c2ccccc2)s1. The molecule has 1 aromatic carbocycles. The number of anilines is 1. The molecule has 1 N–H and O–H groups in total. The first kappa shape index (κ1) is 17.4. The van der Waals surface area contributed by atoms with E-state index in [9.17, 15) is 4.79 Å². The predicted molar refractivity (Wildman–Crippen MR) is 103 cm³/mol. The lowest BCUT2D eigenvalue weighted by Gasteiger charge is -2.06. The van der Waals surface area contributed by atoms with Crippen LogP contribution >= 0.6 is 23.1 Å². The molecule has 0 aliphatic rings. The van der Waals surface area contributed by atoms with Gasteiger partial charge in [0, 0.05) is 5.75 Å². The quantitative estimate of drug-likeness (QED) is 0.367. The molecule has 128 valence electrons. The van der Waals surface area contributed by atoms with Gasteiger partial charge in [-0.25, -0.2) is 0 Å². The molecule has 0 radical (unpaired) electrons. The minimum absolute atomic E-state index is 0.245. The van der Waals surface area contributed by atoms with Gasteiger partial charge in [-0.05, 0) is 30.2 Å². The number of thioether (sulfide) groups is 1. The number of nitrogens with zero attached hydrogens (tertiary/aromatic N) is 2. The van der Waals surface area contributed by atoms with Crippen molar-refractivity contribution in [2.24, 2.45) is 0 Å². The molecule has 0 saturated carbocycles. The minimum atomic E-state index is -0.245. The first-order chi connectivity index (χ1) is 12.3. The summed E-state index contributed by atoms with van der Waals surface area (Å²) in [5.41, 5.74) is 1.31. The highest BCUT2D eigenvalue weighted by atomic mass is 32.2. The maximum Gasteiger partial charge on any atom is 0.258 e. The number of furan rings is 1. The van der Waals surface area contributed by atoms with Gasteiger partial charge in [0.15, 0.2) is 4.34 Å². The second kappa shape index (κ2) is 8.64. The van der Waals surface area contributed by atoms with Crippen LogP contribution in [0.15, 0.2) is 57.5 Å². The van der Waals surface area contributed by atoms with Crippen LogP contribution in [0.4, 0.5) is 5.13 Å². The second-order valence-corrected chi connectivity index (χ2v) is 7.43. The molecule has 7 heteroatoms. The Kier molecular flexibility index (Phi) is 6.03. The third-order valence-corrected chi connectivity index (χ3v) is 5.39. The summed E-state index contributed by atoms with van der Waals surface area (Å²) in [5.74, 6) is 1.35. The number of carbonyl (C=O) groups is 1. The maximum atomic E-state index is 12.8. The Morgan fingerprint density at radius 2 is 2.08 bits per heavy atom. The summed E-state index contributed by atoms with van der Waals surface area (Å²) in [4.78, 5) is 12.8. The Balaban J connectivity index is 1.81. The first-order valence-electron chi connectivity index (χ1n) is 7.84. The standard InChI is InChI=1S/C18H17N3O2S2/c1-2-11-24-18-21-20-17(25-18)19-16(22)15(12-14-9-6-10-23-14)13-7-4-3-5-8-13/h3-10,12H,2,11H2,1H3,(H,19,20,22)/b15-12+. The first-order valence-corrected chi connectivity index (χ1v) is 9.64. The minimum Gasteiger partial charge on any atom is -0.465 e. The van der Waals surface area contributed by atoms with Gasteiger partial charge in [0.1, 0.15) is 5.76 Å². The molecular weight excluding hydrogens is 354 g/mol. The Morgan fingerprint density at radius 3 is 2.80 bits per heavy atom. The van der Waals surface area contributed by atoms with Gasteiger partial charge in [-0.3, -0.25) is 10.1 Å². The second-order valence-electron chi connectivity index (χ2n) is 5.12. The van der Waals surface area contributed by atoms with E-state index >= 15 is 0 Å². The molecule has 2 aromatic heterocycles. The van der Waals surface area contributed by atoms with Crippen molar-refractivity contribution in [1.82, 2.24) is 10.2 Å². The van der Waals surface area contributed by atoms with Gasteiger partial charge < -0.3 is 4.42 Å². The Morgan fingerprint density at radius 1 is 1.24 bits per heavy atom. The molecule has 25 heavy (non-hydrogen) atoms. The molecule has 0 unspecified atom stereocenters. The highest BCUT2D eigenvalue weighted by molar-refractivity contribution is 8.01. The molecule has 0 saturated heterocycles. The van der Waals surface area contributed by atoms with E-state index in [0.29, 0.717) is 16.5 Å². The summed E-state index contributed by atoms with van der Waals surface area (Å²) in [6, 6.07) is 13.1. The average molecular weight is 371 g/mol. The van der Waals surface area contributed by atoms with Crippen molar-refractivity contribution < 1.29 is 9.21 Å². The molecule has 5 nitrogen and oxygen atoms in total. The van der Waals surface area contributed by atoms with E-state index in [4.69, 9.17) is 4.42 Å². The summed E-state index contributed by atoms with van der Waals surface area (Å²) < 4.78 is 6.20. The number of carbonyl (C=O) groups excluding carboxylic acids is 1. The van der Waals surface area contributed by atoms with E-state index in [0.717, 1.165) is 22.1 Å². The summed E-state index contributed by atoms with van der Waals surface area (Å²) in [5, 5.41) is 11.5. The number of hydrogen-bond donors (Lipinski definition) is 1. The van der Waals surface area contributed by atoms with Crippen LogP contribution in [-0.4, -0.2) is 21.9 Å². The number of amides is 1. The maximum absolute atomic E-state index is 12.8. The zero-order chi connectivity index (χ0) is 17.5. The number of benzene rings is 1. The lowest BCUT2D eigenvalue weighted by molar-refractivity contribution is -0.111. The lowest BCUT2D eigenvalue weighted by atomic mass is 10.0. The molecule has 0 aliphatic heterocycles. The van der Waals surface area contributed by atoms with Crippen molar-refractivity contribution in [3.63, 3.8) is 0 Å². The third kappa shape index (κ3) is 4.80. The molecule has 0 bridgehead atoms. The molecule has 0 aliphatic carbocycles. The third-order valence-electron chi connectivity index (χ3n) is 3.22. The Hall–Kier alpha value is -2.38. The van der Waals surface area contributed by atoms with Crippen LogP contribution < -0.4 is 5.32 Å². The fraction of sp³-hybridized carbons (Fsp3) is 0.167. The molecule has 1 amide bonds. The fourth-order valence-corrected chi connectivity index (χ4v) is 3.76. The lowest BCUT2D eigenvalue weighted by Crippen LogP contribution is -2.13. The van der Waals surface area contributed by atoms with E-state index < -0.39 is 0 Å². The highest BCUT2D eigenvalue weighted by Crippen LogP contribution is 2.27. The van der Waals surface area contributed by atoms with E-state index in [1.54, 1.807) is 36.2 Å². The van der Waals surface area contributed by atoms with Crippen LogP contribution in [-0.2, 0) is 4.79 Å². The Bertz CT molecular complexity index is 842. The van der Waals surface area contributed by atoms with Gasteiger partial charge in [0.25, 0.3) is 5.91 Å². The van der Waals surface area contributed by atoms with Crippen LogP contribution in [0.5, 0.6) is 0 Å². The summed E-state index contributed by atoms with van der Waals surface area (Å²) in [7, 11) is 0. The van der Waals surface area contributed by atoms with Gasteiger partial charge in [0.05, 0.1) is 11.8 Å². The zero-order valence-corrected chi connectivity index (χ0v) is 15.3. The van der Waals surface area contributed by atoms with E-state index in [2.05, 4.69) is 22.4 Å². The molecule has 2 heterocycles. The largest absolute Gasteiger partial charge is 0.465 e. The van der Waals surface area contributed by atoms with Crippen LogP contribution in [0.3, 0.4) is 0 Å². The molecule has 3 rings (SSSR count). The molecule has 0 atom stereocenters. The van der Waals surface area contributed by atoms with Crippen molar-refractivity contribution in [2.45, 2.75) is 17.7 Å². The predicted octanol–water partition coefficient (Wildman–Crippen LogP) is 4.81. The van der Waals surface area contributed by atoms with E-state index in [-0.39, 0.29) is 5.91 Å². The molecule has 3 aromatic rings. The summed E-state index contributed by atoms with van der Waals surface area (Å²) in [6.45, 7) is 2.11. The number of hydrogen-bond acceptors (Lipinski definition) is 6. The van der Waals surface area contributed by atoms with E-state index in [1.807, 2.05) is 30.3 Å². The molecule has 0 spiro atoms. The van der Waals surface area contributed by atoms with Crippen LogP contribution in [0, 0.1) is 0 Å². The average Bonchev–Trinajstić information content (AvgIpc) is 3.30. The zero-order valence-electron chi connectivity index (χ0n) is 13.6. The van der Waals surface area contributed by atoms with Crippen molar-refractivity contribution >= 4 is 45.8 Å². The topological polar surface area (TPSA) is 68.0 Å². The van der Waals surface area contributed by atoms with Crippen molar-refractivity contribution in [2.75, 3.05) is 11.1 Å². The summed E-state index contributed by atoms with van der Waals surface area (Å²) in [6.07, 6.45) is 4.36. The van der Waals surface area contributed by atoms with E-state index in [1.165, 1.54) is 11.3 Å². The van der Waals surface area contributed by atoms with Crippen LogP contribution in [0.1, 0.15) is 24.7 Å². The number of aromatic nitrogens is 2. The monoisotopic (exact) mass is 371 g/mol. The smallest absolute Gasteiger partial charge is 0.258 e. The summed E-state index contributed by atoms with van der Waals surface area (Å²) >= 11 is 3.02. The van der Waals surface area contributed by atoms with Gasteiger partial charge in [-0.2, -0.15) is 0 Å². The van der Waals surface area contributed by atoms with Crippen LogP contribution in [0.2, 0.25) is 0 Å². The molecular formula is C18H17N3O2S2. The fourth-order valence-electron chi connectivity index (χ4n) is 2.09. The van der Waals surface area contributed by atoms with Gasteiger partial charge in [0.2, 0.25) is 5.13 Å².